The molecular weight excluding hydrogens is 318 g/mol. The first-order valence-corrected chi connectivity index (χ1v) is 8.12. The average Bonchev–Trinajstić information content (AvgIpc) is 2.71. The minimum Gasteiger partial charge on any atom is -0.481 e. The Kier molecular flexibility index (Phi) is 4.30. The van der Waals surface area contributed by atoms with Crippen molar-refractivity contribution < 1.29 is 23.1 Å². The second kappa shape index (κ2) is 5.57. The third-order valence-corrected chi connectivity index (χ3v) is 5.57. The van der Waals surface area contributed by atoms with Crippen molar-refractivity contribution in [1.29, 1.82) is 0 Å². The maximum atomic E-state index is 12.4. The van der Waals surface area contributed by atoms with Gasteiger partial charge in [-0.3, -0.25) is 4.79 Å². The maximum Gasteiger partial charge on any atom is 0.313 e. The Morgan fingerprint density at radius 3 is 2.76 bits per heavy atom. The first-order valence-electron chi connectivity index (χ1n) is 6.26. The van der Waals surface area contributed by atoms with Crippen LogP contribution in [0.1, 0.15) is 12.5 Å². The van der Waals surface area contributed by atoms with Gasteiger partial charge >= 0.3 is 5.97 Å². The molecule has 2 unspecified atom stereocenters. The Morgan fingerprint density at radius 2 is 2.19 bits per heavy atom. The third-order valence-electron chi connectivity index (χ3n) is 3.62. The molecule has 1 fully saturated rings. The molecule has 1 aromatic rings. The van der Waals surface area contributed by atoms with Crippen LogP contribution in [0.25, 0.3) is 0 Å². The summed E-state index contributed by atoms with van der Waals surface area (Å²) in [5.74, 6) is -1.11. The van der Waals surface area contributed by atoms with Crippen LogP contribution < -0.4 is 4.72 Å². The van der Waals surface area contributed by atoms with Gasteiger partial charge in [0, 0.05) is 0 Å². The molecule has 2 rings (SSSR count). The Morgan fingerprint density at radius 1 is 1.52 bits per heavy atom. The summed E-state index contributed by atoms with van der Waals surface area (Å²) in [7, 11) is -3.92. The number of nitrogens with one attached hydrogen (secondary N) is 1. The number of halogens is 1. The Labute approximate surface area is 128 Å². The van der Waals surface area contributed by atoms with E-state index in [0.717, 1.165) is 5.56 Å². The van der Waals surface area contributed by atoms with Gasteiger partial charge in [0.15, 0.2) is 0 Å². The van der Waals surface area contributed by atoms with E-state index in [1.165, 1.54) is 19.1 Å². The largest absolute Gasteiger partial charge is 0.481 e. The first kappa shape index (κ1) is 16.2. The number of carbonyl (C=O) groups is 1. The van der Waals surface area contributed by atoms with Gasteiger partial charge in [0.2, 0.25) is 10.0 Å². The van der Waals surface area contributed by atoms with Gasteiger partial charge < -0.3 is 9.84 Å². The van der Waals surface area contributed by atoms with E-state index in [1.807, 2.05) is 0 Å². The van der Waals surface area contributed by atoms with E-state index in [9.17, 15) is 18.3 Å². The average molecular weight is 334 g/mol. The summed E-state index contributed by atoms with van der Waals surface area (Å²) < 4.78 is 32.3. The molecule has 1 aliphatic heterocycles. The number of carboxylic acid groups (broad SMARTS) is 1. The van der Waals surface area contributed by atoms with Crippen molar-refractivity contribution in [2.75, 3.05) is 13.2 Å². The van der Waals surface area contributed by atoms with Gasteiger partial charge in [-0.25, -0.2) is 13.1 Å². The van der Waals surface area contributed by atoms with E-state index in [-0.39, 0.29) is 23.1 Å². The van der Waals surface area contributed by atoms with Crippen LogP contribution in [0.5, 0.6) is 0 Å². The molecule has 116 valence electrons. The molecule has 21 heavy (non-hydrogen) atoms. The Balaban J connectivity index is 2.31. The van der Waals surface area contributed by atoms with Gasteiger partial charge in [-0.2, -0.15) is 0 Å². The molecule has 6 nitrogen and oxygen atoms in total. The number of hydrogen-bond acceptors (Lipinski definition) is 4. The van der Waals surface area contributed by atoms with Crippen molar-refractivity contribution in [1.82, 2.24) is 4.72 Å². The lowest BCUT2D eigenvalue weighted by Gasteiger charge is -2.25. The summed E-state index contributed by atoms with van der Waals surface area (Å²) in [6.45, 7) is 3.21. The van der Waals surface area contributed by atoms with Crippen LogP contribution in [0.2, 0.25) is 5.02 Å². The minimum absolute atomic E-state index is 0.00547. The first-order chi connectivity index (χ1) is 9.67. The van der Waals surface area contributed by atoms with Gasteiger partial charge in [0.25, 0.3) is 0 Å². The molecule has 0 amide bonds. The summed E-state index contributed by atoms with van der Waals surface area (Å²) in [6, 6.07) is 3.71. The van der Waals surface area contributed by atoms with Crippen molar-refractivity contribution in [3.63, 3.8) is 0 Å². The van der Waals surface area contributed by atoms with Crippen LogP contribution in [0.4, 0.5) is 0 Å². The van der Waals surface area contributed by atoms with Crippen LogP contribution in [0.15, 0.2) is 23.1 Å². The highest BCUT2D eigenvalue weighted by molar-refractivity contribution is 7.89. The number of rotatable bonds is 4. The molecule has 1 heterocycles. The zero-order valence-corrected chi connectivity index (χ0v) is 13.2. The second-order valence-corrected chi connectivity index (χ2v) is 7.44. The number of carboxylic acids is 1. The molecule has 0 spiro atoms. The third kappa shape index (κ3) is 3.06. The van der Waals surface area contributed by atoms with Crippen LogP contribution in [-0.2, 0) is 19.6 Å². The van der Waals surface area contributed by atoms with Crippen molar-refractivity contribution in [3.05, 3.63) is 28.8 Å². The molecule has 0 radical (unpaired) electrons. The molecule has 1 aliphatic rings. The lowest BCUT2D eigenvalue weighted by Crippen LogP contribution is -2.49. The number of aryl methyl sites for hydroxylation is 1. The number of ether oxygens (including phenoxy) is 1. The molecule has 0 aliphatic carbocycles. The van der Waals surface area contributed by atoms with Gasteiger partial charge in [-0.05, 0) is 31.5 Å². The van der Waals surface area contributed by atoms with Crippen molar-refractivity contribution in [2.24, 2.45) is 5.41 Å². The predicted octanol–water partition coefficient (Wildman–Crippen LogP) is 1.42. The number of benzene rings is 1. The normalized spacial score (nSPS) is 26.0. The van der Waals surface area contributed by atoms with Crippen LogP contribution >= 0.6 is 11.6 Å². The molecule has 0 aromatic heterocycles. The summed E-state index contributed by atoms with van der Waals surface area (Å²) in [5.41, 5.74) is -0.469. The predicted molar refractivity (Wildman–Crippen MR) is 76.9 cm³/mol. The summed E-state index contributed by atoms with van der Waals surface area (Å²) in [6.07, 6.45) is 0. The van der Waals surface area contributed by atoms with Gasteiger partial charge in [0.05, 0.1) is 24.3 Å². The monoisotopic (exact) mass is 333 g/mol. The van der Waals surface area contributed by atoms with Gasteiger partial charge in [-0.1, -0.05) is 17.7 Å². The Bertz CT molecular complexity index is 675. The molecule has 8 heteroatoms. The smallest absolute Gasteiger partial charge is 0.313 e. The van der Waals surface area contributed by atoms with E-state index in [0.29, 0.717) is 0 Å². The molecule has 1 aromatic carbocycles. The van der Waals surface area contributed by atoms with Gasteiger partial charge in [-0.15, -0.1) is 0 Å². The number of aliphatic carboxylic acids is 1. The molecule has 0 bridgehead atoms. The topological polar surface area (TPSA) is 92.7 Å². The van der Waals surface area contributed by atoms with E-state index < -0.39 is 27.4 Å². The van der Waals surface area contributed by atoms with Crippen LogP contribution in [0.3, 0.4) is 0 Å². The number of sulfonamides is 1. The summed E-state index contributed by atoms with van der Waals surface area (Å²) in [4.78, 5) is 11.3. The van der Waals surface area contributed by atoms with E-state index >= 15 is 0 Å². The number of hydrogen-bond donors (Lipinski definition) is 2. The minimum atomic E-state index is -3.92. The molecule has 1 saturated heterocycles. The quantitative estimate of drug-likeness (QED) is 0.869. The van der Waals surface area contributed by atoms with E-state index in [4.69, 9.17) is 16.3 Å². The highest BCUT2D eigenvalue weighted by Gasteiger charge is 2.48. The van der Waals surface area contributed by atoms with Gasteiger partial charge in [0.1, 0.15) is 10.3 Å². The molecule has 0 saturated carbocycles. The molecule has 2 N–H and O–H groups in total. The fraction of sp³-hybridized carbons (Fsp3) is 0.462. The lowest BCUT2D eigenvalue weighted by atomic mass is 9.86. The lowest BCUT2D eigenvalue weighted by molar-refractivity contribution is -0.148. The molecular formula is C13H16ClNO5S. The van der Waals surface area contributed by atoms with Crippen LogP contribution in [-0.4, -0.2) is 38.7 Å². The maximum absolute atomic E-state index is 12.4. The SMILES string of the molecule is Cc1ccc(S(=O)(=O)NC2COCC2(C)C(=O)O)c(Cl)c1. The fourth-order valence-corrected chi connectivity index (χ4v) is 4.06. The van der Waals surface area contributed by atoms with Crippen molar-refractivity contribution in [2.45, 2.75) is 24.8 Å². The highest BCUT2D eigenvalue weighted by Crippen LogP contribution is 2.31. The zero-order valence-electron chi connectivity index (χ0n) is 11.6. The fourth-order valence-electron chi connectivity index (χ4n) is 2.12. The standard InChI is InChI=1S/C13H16ClNO5S/c1-8-3-4-10(9(14)5-8)21(18,19)15-11-6-20-7-13(11,2)12(16)17/h3-5,11,15H,6-7H2,1-2H3,(H,16,17). The van der Waals surface area contributed by atoms with E-state index in [1.54, 1.807) is 13.0 Å². The van der Waals surface area contributed by atoms with Crippen LogP contribution in [0, 0.1) is 12.3 Å². The van der Waals surface area contributed by atoms with E-state index in [2.05, 4.69) is 4.72 Å². The highest BCUT2D eigenvalue weighted by atomic mass is 35.5. The van der Waals surface area contributed by atoms with Crippen molar-refractivity contribution >= 4 is 27.6 Å². The second-order valence-electron chi connectivity index (χ2n) is 5.35. The van der Waals surface area contributed by atoms with Crippen molar-refractivity contribution in [3.8, 4) is 0 Å². The summed E-state index contributed by atoms with van der Waals surface area (Å²) in [5, 5.41) is 9.36. The zero-order chi connectivity index (χ0) is 15.8. The molecule has 2 atom stereocenters. The summed E-state index contributed by atoms with van der Waals surface area (Å²) >= 11 is 5.97. The Hall–Kier alpha value is -1.15.